The Hall–Kier alpha value is -1.95. The van der Waals surface area contributed by atoms with Crippen molar-refractivity contribution in [3.8, 4) is 0 Å². The van der Waals surface area contributed by atoms with Gasteiger partial charge in [0.15, 0.2) is 0 Å². The molecule has 23 heavy (non-hydrogen) atoms. The maximum absolute atomic E-state index is 12.7. The molecule has 0 bridgehead atoms. The largest absolute Gasteiger partial charge is 0.315 e. The Labute approximate surface area is 138 Å². The van der Waals surface area contributed by atoms with Gasteiger partial charge < -0.3 is 4.90 Å². The van der Waals surface area contributed by atoms with Crippen molar-refractivity contribution in [1.82, 2.24) is 4.90 Å². The van der Waals surface area contributed by atoms with E-state index in [1.807, 2.05) is 6.20 Å². The van der Waals surface area contributed by atoms with Gasteiger partial charge in [-0.15, -0.1) is 0 Å². The third kappa shape index (κ3) is 4.07. The van der Waals surface area contributed by atoms with Gasteiger partial charge in [0.05, 0.1) is 13.7 Å². The Morgan fingerprint density at radius 3 is 2.43 bits per heavy atom. The average Bonchev–Trinajstić information content (AvgIpc) is 2.55. The van der Waals surface area contributed by atoms with Crippen LogP contribution in [0.3, 0.4) is 0 Å². The molecule has 2 rings (SSSR count). The first-order valence-electron chi connectivity index (χ1n) is 8.03. The zero-order valence-electron chi connectivity index (χ0n) is 13.9. The number of nitro benzene ring substituents is 1. The van der Waals surface area contributed by atoms with Crippen molar-refractivity contribution >= 4 is 20.4 Å². The van der Waals surface area contributed by atoms with Gasteiger partial charge in [0.25, 0.3) is 11.6 Å². The van der Waals surface area contributed by atoms with Gasteiger partial charge in [-0.3, -0.25) is 14.9 Å². The van der Waals surface area contributed by atoms with Crippen LogP contribution >= 0.6 is 0 Å². The van der Waals surface area contributed by atoms with E-state index >= 15 is 0 Å². The second-order valence-electron chi connectivity index (χ2n) is 6.00. The number of benzene rings is 1. The number of hydrogen-bond acceptors (Lipinski definition) is 3. The molecule has 0 aromatic heterocycles. The van der Waals surface area contributed by atoms with Gasteiger partial charge in [0.2, 0.25) is 0 Å². The van der Waals surface area contributed by atoms with Crippen molar-refractivity contribution in [3.05, 3.63) is 51.7 Å². The number of nitrogens with zero attached hydrogens (tertiary/aromatic N) is 2. The fraction of sp³-hybridized carbons (Fsp3) is 0.471. The molecule has 0 unspecified atom stereocenters. The van der Waals surface area contributed by atoms with E-state index in [0.29, 0.717) is 11.1 Å². The summed E-state index contributed by atoms with van der Waals surface area (Å²) in [6.45, 7) is 7.33. The van der Waals surface area contributed by atoms with E-state index in [2.05, 4.69) is 20.8 Å². The molecule has 0 fully saturated rings. The summed E-state index contributed by atoms with van der Waals surface area (Å²) in [6.07, 6.45) is 3.02. The predicted octanol–water partition coefficient (Wildman–Crippen LogP) is 4.25. The topological polar surface area (TPSA) is 63.5 Å². The van der Waals surface area contributed by atoms with Gasteiger partial charge in [-0.05, 0) is 31.0 Å². The van der Waals surface area contributed by atoms with Crippen LogP contribution in [0.2, 0.25) is 17.6 Å². The summed E-state index contributed by atoms with van der Waals surface area (Å²) in [5, 5.41) is 10.7. The van der Waals surface area contributed by atoms with Crippen LogP contribution in [0.15, 0.2) is 36.0 Å². The maximum atomic E-state index is 12.7. The molecule has 0 saturated heterocycles. The molecular formula is C17H23N2O3Si. The minimum absolute atomic E-state index is 0.00672. The number of non-ortho nitro benzene ring substituents is 1. The molecule has 6 heteroatoms. The number of amides is 1. The van der Waals surface area contributed by atoms with Crippen LogP contribution in [0.4, 0.5) is 5.69 Å². The summed E-state index contributed by atoms with van der Waals surface area (Å²) in [5.41, 5.74) is 2.33. The van der Waals surface area contributed by atoms with E-state index in [9.17, 15) is 14.9 Å². The highest BCUT2D eigenvalue weighted by molar-refractivity contribution is 6.60. The molecule has 5 nitrogen and oxygen atoms in total. The van der Waals surface area contributed by atoms with Crippen LogP contribution in [0, 0.1) is 10.1 Å². The van der Waals surface area contributed by atoms with E-state index in [-0.39, 0.29) is 11.6 Å². The second kappa shape index (κ2) is 7.54. The Morgan fingerprint density at radius 2 is 1.91 bits per heavy atom. The summed E-state index contributed by atoms with van der Waals surface area (Å²) in [4.78, 5) is 24.7. The molecule has 1 amide bonds. The number of rotatable bonds is 5. The van der Waals surface area contributed by atoms with Gasteiger partial charge in [-0.25, -0.2) is 0 Å². The molecule has 1 aliphatic rings. The first-order valence-corrected chi connectivity index (χ1v) is 10.0. The molecule has 1 heterocycles. The minimum Gasteiger partial charge on any atom is -0.315 e. The quantitative estimate of drug-likeness (QED) is 0.460. The molecule has 0 aliphatic carbocycles. The second-order valence-corrected chi connectivity index (χ2v) is 9.55. The molecule has 0 N–H and O–H groups in total. The number of allylic oxidation sites excluding steroid dienone is 1. The third-order valence-electron chi connectivity index (χ3n) is 4.43. The lowest BCUT2D eigenvalue weighted by Crippen LogP contribution is -2.37. The van der Waals surface area contributed by atoms with Crippen LogP contribution in [0.1, 0.15) is 37.6 Å². The van der Waals surface area contributed by atoms with Crippen LogP contribution in [0.25, 0.3) is 0 Å². The van der Waals surface area contributed by atoms with E-state index < -0.39 is 13.7 Å². The van der Waals surface area contributed by atoms with Crippen molar-refractivity contribution in [2.45, 2.75) is 44.8 Å². The van der Waals surface area contributed by atoms with E-state index in [1.54, 1.807) is 17.0 Å². The maximum Gasteiger partial charge on any atom is 0.269 e. The highest BCUT2D eigenvalue weighted by Gasteiger charge is 2.28. The number of carbonyl (C=O) groups excluding carboxylic acids is 1. The van der Waals surface area contributed by atoms with Crippen LogP contribution < -0.4 is 0 Å². The smallest absolute Gasteiger partial charge is 0.269 e. The van der Waals surface area contributed by atoms with Gasteiger partial charge in [-0.1, -0.05) is 31.5 Å². The number of carbonyl (C=O) groups is 1. The summed E-state index contributed by atoms with van der Waals surface area (Å²) in [7, 11) is -0.445. The van der Waals surface area contributed by atoms with Crippen molar-refractivity contribution in [3.63, 3.8) is 0 Å². The minimum atomic E-state index is -0.452. The third-order valence-corrected chi connectivity index (χ3v) is 7.79. The van der Waals surface area contributed by atoms with Crippen LogP contribution in [0.5, 0.6) is 0 Å². The van der Waals surface area contributed by atoms with Gasteiger partial charge >= 0.3 is 0 Å². The zero-order valence-corrected chi connectivity index (χ0v) is 14.9. The Bertz CT molecular complexity index is 609. The van der Waals surface area contributed by atoms with Gasteiger partial charge in [0.1, 0.15) is 0 Å². The van der Waals surface area contributed by atoms with Gasteiger partial charge in [0, 0.05) is 30.4 Å². The lowest BCUT2D eigenvalue weighted by Gasteiger charge is -2.34. The van der Waals surface area contributed by atoms with Crippen molar-refractivity contribution < 1.29 is 9.72 Å². The van der Waals surface area contributed by atoms with E-state index in [0.717, 1.165) is 13.0 Å². The first kappa shape index (κ1) is 17.4. The molecule has 123 valence electrons. The summed E-state index contributed by atoms with van der Waals surface area (Å²) >= 11 is 0. The molecule has 0 spiro atoms. The monoisotopic (exact) mass is 331 g/mol. The van der Waals surface area contributed by atoms with Crippen molar-refractivity contribution in [1.29, 1.82) is 0 Å². The number of hydrogen-bond donors (Lipinski definition) is 0. The van der Waals surface area contributed by atoms with E-state index in [1.165, 1.54) is 29.8 Å². The Balaban J connectivity index is 2.17. The first-order chi connectivity index (χ1) is 11.0. The number of nitro groups is 1. The highest BCUT2D eigenvalue weighted by atomic mass is 28.3. The molecule has 1 radical (unpaired) electrons. The predicted molar refractivity (Wildman–Crippen MR) is 93.0 cm³/mol. The van der Waals surface area contributed by atoms with Crippen molar-refractivity contribution in [2.24, 2.45) is 0 Å². The lowest BCUT2D eigenvalue weighted by atomic mass is 10.1. The molecule has 1 aliphatic heterocycles. The molecule has 1 aromatic rings. The van der Waals surface area contributed by atoms with E-state index in [4.69, 9.17) is 0 Å². The molecule has 1 atom stereocenters. The summed E-state index contributed by atoms with van der Waals surface area (Å²) < 4.78 is 0. The van der Waals surface area contributed by atoms with Gasteiger partial charge in [-0.2, -0.15) is 0 Å². The van der Waals surface area contributed by atoms with Crippen LogP contribution in [-0.4, -0.2) is 31.1 Å². The normalized spacial score (nSPS) is 18.0. The SMILES string of the molecule is CC[Si](CC)[C@@H]1CC(C)=CN(C(=O)c2ccc([N+](=O)[O-])cc2)C1. The molecule has 0 saturated carbocycles. The average molecular weight is 331 g/mol. The molecular weight excluding hydrogens is 308 g/mol. The summed E-state index contributed by atoms with van der Waals surface area (Å²) in [5.74, 6) is -0.0718. The highest BCUT2D eigenvalue weighted by Crippen LogP contribution is 2.31. The fourth-order valence-corrected chi connectivity index (χ4v) is 5.92. The van der Waals surface area contributed by atoms with Crippen LogP contribution in [-0.2, 0) is 0 Å². The Kier molecular flexibility index (Phi) is 5.71. The Morgan fingerprint density at radius 1 is 1.30 bits per heavy atom. The summed E-state index contributed by atoms with van der Waals surface area (Å²) in [6, 6.07) is 8.30. The zero-order chi connectivity index (χ0) is 17.0. The molecule has 1 aromatic carbocycles. The standard InChI is InChI=1S/C17H23N2O3Si/c1-4-23(5-2)16-10-13(3)11-18(12-16)17(20)14-6-8-15(9-7-14)19(21)22/h6-9,11,16H,4-5,10,12H2,1-3H3/t16-/m1/s1. The van der Waals surface area contributed by atoms with Crippen molar-refractivity contribution in [2.75, 3.05) is 6.54 Å². The lowest BCUT2D eigenvalue weighted by molar-refractivity contribution is -0.384. The fourth-order valence-electron chi connectivity index (χ4n) is 3.20.